The molecule has 0 aliphatic heterocycles. The fraction of sp³-hybridized carbons (Fsp3) is 0.600. The molecular weight excluding hydrogens is 176 g/mol. The molecule has 3 N–H and O–H groups in total. The van der Waals surface area contributed by atoms with Gasteiger partial charge in [-0.15, -0.1) is 0 Å². The Kier molecular flexibility index (Phi) is 4.49. The van der Waals surface area contributed by atoms with Crippen LogP contribution in [0.4, 0.5) is 0 Å². The molecule has 0 aromatic carbocycles. The van der Waals surface area contributed by atoms with Crippen molar-refractivity contribution < 1.29 is 0 Å². The van der Waals surface area contributed by atoms with E-state index in [0.717, 1.165) is 37.4 Å². The van der Waals surface area contributed by atoms with Gasteiger partial charge in [-0.1, -0.05) is 0 Å². The first-order valence-corrected chi connectivity index (χ1v) is 4.94. The number of nitrogens with zero attached hydrogens (tertiary/aromatic N) is 2. The normalized spacial score (nSPS) is 10.5. The van der Waals surface area contributed by atoms with Crippen molar-refractivity contribution in [2.45, 2.75) is 26.8 Å². The minimum absolute atomic E-state index is 0.736. The van der Waals surface area contributed by atoms with E-state index in [2.05, 4.69) is 21.6 Å². The summed E-state index contributed by atoms with van der Waals surface area (Å²) in [5.41, 5.74) is 8.58. The van der Waals surface area contributed by atoms with E-state index in [1.807, 2.05) is 13.8 Å². The molecule has 0 spiro atoms. The Bertz CT molecular complexity index is 285. The van der Waals surface area contributed by atoms with Crippen molar-refractivity contribution in [3.63, 3.8) is 0 Å². The maximum absolute atomic E-state index is 5.40. The Hall–Kier alpha value is -1.00. The van der Waals surface area contributed by atoms with Gasteiger partial charge in [0.2, 0.25) is 0 Å². The summed E-state index contributed by atoms with van der Waals surface area (Å²) < 4.78 is 0. The third-order valence-electron chi connectivity index (χ3n) is 2.08. The van der Waals surface area contributed by atoms with Crippen LogP contribution < -0.4 is 11.1 Å². The van der Waals surface area contributed by atoms with E-state index in [1.165, 1.54) is 5.56 Å². The summed E-state index contributed by atoms with van der Waals surface area (Å²) in [4.78, 5) is 0. The molecule has 0 radical (unpaired) electrons. The van der Waals surface area contributed by atoms with Crippen LogP contribution >= 0.6 is 0 Å². The number of hydrogen-bond acceptors (Lipinski definition) is 4. The highest BCUT2D eigenvalue weighted by molar-refractivity contribution is 5.19. The van der Waals surface area contributed by atoms with Gasteiger partial charge in [0.15, 0.2) is 0 Å². The molecule has 1 aromatic heterocycles. The molecule has 0 fully saturated rings. The lowest BCUT2D eigenvalue weighted by molar-refractivity contribution is 0.649. The van der Waals surface area contributed by atoms with Crippen molar-refractivity contribution in [2.75, 3.05) is 13.1 Å². The molecule has 78 valence electrons. The summed E-state index contributed by atoms with van der Waals surface area (Å²) in [6.07, 6.45) is 1.01. The maximum atomic E-state index is 5.40. The van der Waals surface area contributed by atoms with E-state index in [1.54, 1.807) is 0 Å². The Labute approximate surface area is 84.9 Å². The summed E-state index contributed by atoms with van der Waals surface area (Å²) in [6.45, 7) is 6.47. The van der Waals surface area contributed by atoms with Gasteiger partial charge < -0.3 is 11.1 Å². The second kappa shape index (κ2) is 5.67. The third kappa shape index (κ3) is 3.40. The molecule has 0 unspecified atom stereocenters. The second-order valence-corrected chi connectivity index (χ2v) is 3.42. The molecule has 0 aliphatic carbocycles. The molecule has 1 rings (SSSR count). The smallest absolute Gasteiger partial charge is 0.0645 e. The lowest BCUT2D eigenvalue weighted by Crippen LogP contribution is -2.18. The molecule has 14 heavy (non-hydrogen) atoms. The van der Waals surface area contributed by atoms with Crippen molar-refractivity contribution in [3.05, 3.63) is 23.0 Å². The second-order valence-electron chi connectivity index (χ2n) is 3.42. The van der Waals surface area contributed by atoms with Crippen molar-refractivity contribution in [2.24, 2.45) is 5.73 Å². The average Bonchev–Trinajstić information content (AvgIpc) is 2.18. The molecule has 4 heteroatoms. The number of hydrogen-bond donors (Lipinski definition) is 2. The van der Waals surface area contributed by atoms with E-state index in [-0.39, 0.29) is 0 Å². The van der Waals surface area contributed by atoms with Gasteiger partial charge in [-0.25, -0.2) is 0 Å². The van der Waals surface area contributed by atoms with Crippen LogP contribution in [0.25, 0.3) is 0 Å². The zero-order chi connectivity index (χ0) is 10.4. The zero-order valence-corrected chi connectivity index (χ0v) is 8.88. The third-order valence-corrected chi connectivity index (χ3v) is 2.08. The fourth-order valence-corrected chi connectivity index (χ4v) is 1.23. The summed E-state index contributed by atoms with van der Waals surface area (Å²) >= 11 is 0. The van der Waals surface area contributed by atoms with Crippen LogP contribution in [0.3, 0.4) is 0 Å². The molecule has 1 aromatic rings. The van der Waals surface area contributed by atoms with Crippen LogP contribution in [0.5, 0.6) is 0 Å². The van der Waals surface area contributed by atoms with Gasteiger partial charge in [-0.3, -0.25) is 0 Å². The summed E-state index contributed by atoms with van der Waals surface area (Å²) in [7, 11) is 0. The van der Waals surface area contributed by atoms with E-state index in [4.69, 9.17) is 5.73 Å². The van der Waals surface area contributed by atoms with Crippen LogP contribution in [0.1, 0.15) is 23.4 Å². The van der Waals surface area contributed by atoms with E-state index >= 15 is 0 Å². The van der Waals surface area contributed by atoms with Gasteiger partial charge in [0.1, 0.15) is 0 Å². The molecule has 0 amide bonds. The fourth-order valence-electron chi connectivity index (χ4n) is 1.23. The number of rotatable bonds is 5. The molecule has 1 heterocycles. The number of aromatic nitrogens is 2. The van der Waals surface area contributed by atoms with E-state index < -0.39 is 0 Å². The maximum Gasteiger partial charge on any atom is 0.0645 e. The van der Waals surface area contributed by atoms with Crippen LogP contribution in [0.2, 0.25) is 0 Å². The lowest BCUT2D eigenvalue weighted by atomic mass is 10.2. The summed E-state index contributed by atoms with van der Waals surface area (Å²) in [5.74, 6) is 0. The summed E-state index contributed by atoms with van der Waals surface area (Å²) in [6, 6.07) is 2.07. The van der Waals surface area contributed by atoms with Crippen LogP contribution in [0.15, 0.2) is 6.07 Å². The predicted molar refractivity (Wildman–Crippen MR) is 56.9 cm³/mol. The molecule has 0 atom stereocenters. The lowest BCUT2D eigenvalue weighted by Gasteiger charge is -2.06. The standard InChI is InChI=1S/C10H18N4/c1-8-6-10(9(2)14-13-8)7-12-5-3-4-11/h6,12H,3-5,7,11H2,1-2H3. The predicted octanol–water partition coefficient (Wildman–Crippen LogP) is 0.532. The first-order chi connectivity index (χ1) is 6.74. The van der Waals surface area contributed by atoms with Gasteiger partial charge in [0.25, 0.3) is 0 Å². The Morgan fingerprint density at radius 3 is 2.86 bits per heavy atom. The van der Waals surface area contributed by atoms with Gasteiger partial charge in [-0.05, 0) is 45.0 Å². The topological polar surface area (TPSA) is 63.8 Å². The van der Waals surface area contributed by atoms with Gasteiger partial charge in [-0.2, -0.15) is 10.2 Å². The van der Waals surface area contributed by atoms with Crippen molar-refractivity contribution in [1.82, 2.24) is 15.5 Å². The van der Waals surface area contributed by atoms with Crippen LogP contribution in [-0.2, 0) is 6.54 Å². The number of nitrogens with two attached hydrogens (primary N) is 1. The average molecular weight is 194 g/mol. The van der Waals surface area contributed by atoms with Gasteiger partial charge >= 0.3 is 0 Å². The van der Waals surface area contributed by atoms with Crippen molar-refractivity contribution in [1.29, 1.82) is 0 Å². The molecular formula is C10H18N4. The quantitative estimate of drug-likeness (QED) is 0.671. The molecule has 0 saturated heterocycles. The van der Waals surface area contributed by atoms with Gasteiger partial charge in [0, 0.05) is 6.54 Å². The van der Waals surface area contributed by atoms with Crippen molar-refractivity contribution >= 4 is 0 Å². The monoisotopic (exact) mass is 194 g/mol. The Morgan fingerprint density at radius 2 is 2.14 bits per heavy atom. The van der Waals surface area contributed by atoms with Gasteiger partial charge in [0.05, 0.1) is 11.4 Å². The molecule has 0 aliphatic rings. The first kappa shape index (κ1) is 11.1. The van der Waals surface area contributed by atoms with Crippen molar-refractivity contribution in [3.8, 4) is 0 Å². The first-order valence-electron chi connectivity index (χ1n) is 4.94. The highest BCUT2D eigenvalue weighted by atomic mass is 15.1. The SMILES string of the molecule is Cc1cc(CNCCCN)c(C)nn1. The molecule has 4 nitrogen and oxygen atoms in total. The Balaban J connectivity index is 2.45. The minimum Gasteiger partial charge on any atom is -0.330 e. The van der Waals surface area contributed by atoms with Crippen LogP contribution in [-0.4, -0.2) is 23.3 Å². The highest BCUT2D eigenvalue weighted by Gasteiger charge is 1.99. The number of aryl methyl sites for hydroxylation is 2. The molecule has 0 bridgehead atoms. The minimum atomic E-state index is 0.736. The number of nitrogens with one attached hydrogen (secondary N) is 1. The van der Waals surface area contributed by atoms with Crippen LogP contribution in [0, 0.1) is 13.8 Å². The largest absolute Gasteiger partial charge is 0.330 e. The molecule has 0 saturated carbocycles. The van der Waals surface area contributed by atoms with E-state index in [9.17, 15) is 0 Å². The van der Waals surface area contributed by atoms with E-state index in [0.29, 0.717) is 0 Å². The Morgan fingerprint density at radius 1 is 1.36 bits per heavy atom. The summed E-state index contributed by atoms with van der Waals surface area (Å²) in [5, 5.41) is 11.4. The zero-order valence-electron chi connectivity index (χ0n) is 8.88. The highest BCUT2D eigenvalue weighted by Crippen LogP contribution is 2.04.